The van der Waals surface area contributed by atoms with Gasteiger partial charge in [0.15, 0.2) is 0 Å². The van der Waals surface area contributed by atoms with E-state index in [1.807, 2.05) is 6.92 Å². The van der Waals surface area contributed by atoms with Crippen LogP contribution in [0.3, 0.4) is 0 Å². The van der Waals surface area contributed by atoms with Crippen LogP contribution in [-0.2, 0) is 4.74 Å². The zero-order valence-electron chi connectivity index (χ0n) is 13.0. The molecule has 2 aliphatic heterocycles. The van der Waals surface area contributed by atoms with Crippen LogP contribution in [0.15, 0.2) is 12.4 Å². The molecule has 0 aromatic carbocycles. The van der Waals surface area contributed by atoms with E-state index in [2.05, 4.69) is 21.8 Å². The van der Waals surface area contributed by atoms with Crippen LogP contribution in [0.25, 0.3) is 0 Å². The summed E-state index contributed by atoms with van der Waals surface area (Å²) in [6, 6.07) is 0. The Hall–Kier alpha value is -1.20. The third-order valence-electron chi connectivity index (χ3n) is 5.21. The minimum absolute atomic E-state index is 0.232. The molecule has 1 N–H and O–H groups in total. The van der Waals surface area contributed by atoms with E-state index in [9.17, 15) is 5.11 Å². The Morgan fingerprint density at radius 3 is 2.67 bits per heavy atom. The Kier molecular flexibility index (Phi) is 4.13. The molecular weight excluding hydrogens is 266 g/mol. The molecule has 0 radical (unpaired) electrons. The van der Waals surface area contributed by atoms with E-state index < -0.39 is 5.60 Å². The van der Waals surface area contributed by atoms with Crippen molar-refractivity contribution in [3.05, 3.63) is 18.1 Å². The summed E-state index contributed by atoms with van der Waals surface area (Å²) in [7, 11) is 0. The fraction of sp³-hybridized carbons (Fsp3) is 0.750. The van der Waals surface area contributed by atoms with Gasteiger partial charge in [-0.25, -0.2) is 4.98 Å². The van der Waals surface area contributed by atoms with E-state index in [-0.39, 0.29) is 5.92 Å². The first-order valence-electron chi connectivity index (χ1n) is 7.94. The molecule has 5 nitrogen and oxygen atoms in total. The van der Waals surface area contributed by atoms with E-state index in [1.54, 1.807) is 12.4 Å². The minimum atomic E-state index is -0.559. The van der Waals surface area contributed by atoms with Crippen LogP contribution in [0.1, 0.15) is 31.9 Å². The Morgan fingerprint density at radius 1 is 1.29 bits per heavy atom. The maximum absolute atomic E-state index is 11.2. The molecule has 3 heterocycles. The lowest BCUT2D eigenvalue weighted by molar-refractivity contribution is -0.108. The van der Waals surface area contributed by atoms with Crippen molar-refractivity contribution in [1.82, 2.24) is 9.97 Å². The minimum Gasteiger partial charge on any atom is -0.389 e. The predicted molar refractivity (Wildman–Crippen MR) is 81.3 cm³/mol. The highest BCUT2D eigenvalue weighted by atomic mass is 16.5. The summed E-state index contributed by atoms with van der Waals surface area (Å²) in [5.74, 6) is 1.56. The van der Waals surface area contributed by atoms with Crippen LogP contribution in [-0.4, -0.2) is 47.0 Å². The van der Waals surface area contributed by atoms with Crippen molar-refractivity contribution >= 4 is 5.82 Å². The van der Waals surface area contributed by atoms with Gasteiger partial charge < -0.3 is 14.7 Å². The Balaban J connectivity index is 1.73. The highest BCUT2D eigenvalue weighted by molar-refractivity contribution is 5.43. The van der Waals surface area contributed by atoms with Gasteiger partial charge in [0, 0.05) is 44.6 Å². The molecule has 0 saturated carbocycles. The number of rotatable bonds is 2. The van der Waals surface area contributed by atoms with Crippen LogP contribution < -0.4 is 4.90 Å². The number of ether oxygens (including phenoxy) is 1. The monoisotopic (exact) mass is 291 g/mol. The topological polar surface area (TPSA) is 58.5 Å². The van der Waals surface area contributed by atoms with Crippen molar-refractivity contribution in [3.63, 3.8) is 0 Å². The normalized spacial score (nSPS) is 31.4. The summed E-state index contributed by atoms with van der Waals surface area (Å²) < 4.78 is 5.44. The van der Waals surface area contributed by atoms with E-state index in [1.165, 1.54) is 0 Å². The molecule has 1 aromatic heterocycles. The first-order chi connectivity index (χ1) is 10.1. The number of piperidine rings is 1. The molecule has 116 valence electrons. The summed E-state index contributed by atoms with van der Waals surface area (Å²) in [5.41, 5.74) is 0.400. The van der Waals surface area contributed by atoms with Gasteiger partial charge in [-0.05, 0) is 32.1 Å². The highest BCUT2D eigenvalue weighted by Gasteiger charge is 2.45. The Bertz CT molecular complexity index is 490. The van der Waals surface area contributed by atoms with Gasteiger partial charge in [0.1, 0.15) is 5.82 Å². The van der Waals surface area contributed by atoms with Crippen molar-refractivity contribution in [2.45, 2.75) is 38.7 Å². The van der Waals surface area contributed by atoms with Crippen LogP contribution in [0.5, 0.6) is 0 Å². The molecule has 0 amide bonds. The summed E-state index contributed by atoms with van der Waals surface area (Å²) >= 11 is 0. The largest absolute Gasteiger partial charge is 0.389 e. The molecule has 0 unspecified atom stereocenters. The van der Waals surface area contributed by atoms with E-state index in [4.69, 9.17) is 4.74 Å². The van der Waals surface area contributed by atoms with Gasteiger partial charge in [-0.1, -0.05) is 6.92 Å². The first kappa shape index (κ1) is 14.7. The molecule has 5 heteroatoms. The number of aromatic nitrogens is 2. The molecule has 3 rings (SSSR count). The molecule has 1 aromatic rings. The quantitative estimate of drug-likeness (QED) is 0.900. The van der Waals surface area contributed by atoms with Gasteiger partial charge in [0.05, 0.1) is 11.3 Å². The summed E-state index contributed by atoms with van der Waals surface area (Å²) in [6.45, 7) is 7.41. The van der Waals surface area contributed by atoms with Gasteiger partial charge in [0.25, 0.3) is 0 Å². The Labute approximate surface area is 126 Å². The van der Waals surface area contributed by atoms with Crippen LogP contribution >= 0.6 is 0 Å². The molecule has 0 spiro atoms. The van der Waals surface area contributed by atoms with Crippen molar-refractivity contribution in [1.29, 1.82) is 0 Å². The number of hydrogen-bond acceptors (Lipinski definition) is 5. The molecule has 0 bridgehead atoms. The second-order valence-electron chi connectivity index (χ2n) is 6.44. The van der Waals surface area contributed by atoms with Crippen molar-refractivity contribution in [2.75, 3.05) is 31.2 Å². The molecule has 0 aliphatic carbocycles. The standard InChI is InChI=1S/C16H25N3O2/c1-12-11-19(15-13(2)17-6-7-18-15)8-5-16(12,20)14-3-9-21-10-4-14/h6-7,12,14,20H,3-5,8-11H2,1-2H3/t12-,16+/m1/s1. The lowest BCUT2D eigenvalue weighted by Gasteiger charge is -2.49. The van der Waals surface area contributed by atoms with Crippen molar-refractivity contribution in [2.24, 2.45) is 11.8 Å². The van der Waals surface area contributed by atoms with E-state index in [0.29, 0.717) is 5.92 Å². The van der Waals surface area contributed by atoms with Gasteiger partial charge in [-0.15, -0.1) is 0 Å². The second kappa shape index (κ2) is 5.89. The average Bonchev–Trinajstić information content (AvgIpc) is 2.52. The summed E-state index contributed by atoms with van der Waals surface area (Å²) in [5, 5.41) is 11.2. The smallest absolute Gasteiger partial charge is 0.150 e. The molecular formula is C16H25N3O2. The third kappa shape index (κ3) is 2.77. The maximum Gasteiger partial charge on any atom is 0.150 e. The lowest BCUT2D eigenvalue weighted by Crippen LogP contribution is -2.56. The molecule has 2 saturated heterocycles. The second-order valence-corrected chi connectivity index (χ2v) is 6.44. The van der Waals surface area contributed by atoms with Gasteiger partial charge in [-0.3, -0.25) is 4.98 Å². The van der Waals surface area contributed by atoms with Gasteiger partial charge in [0.2, 0.25) is 0 Å². The molecule has 2 fully saturated rings. The SMILES string of the molecule is Cc1nccnc1N1CC[C@@](O)(C2CCOCC2)[C@H](C)C1. The number of aliphatic hydroxyl groups is 1. The zero-order valence-corrected chi connectivity index (χ0v) is 13.0. The van der Waals surface area contributed by atoms with Crippen molar-refractivity contribution < 1.29 is 9.84 Å². The van der Waals surface area contributed by atoms with E-state index in [0.717, 1.165) is 57.1 Å². The zero-order chi connectivity index (χ0) is 14.9. The van der Waals surface area contributed by atoms with E-state index >= 15 is 0 Å². The fourth-order valence-corrected chi connectivity index (χ4v) is 3.85. The van der Waals surface area contributed by atoms with Gasteiger partial charge in [-0.2, -0.15) is 0 Å². The number of hydrogen-bond donors (Lipinski definition) is 1. The fourth-order valence-electron chi connectivity index (χ4n) is 3.85. The lowest BCUT2D eigenvalue weighted by atomic mass is 9.70. The van der Waals surface area contributed by atoms with Crippen LogP contribution in [0, 0.1) is 18.8 Å². The summed E-state index contributed by atoms with van der Waals surface area (Å²) in [6.07, 6.45) is 6.22. The first-order valence-corrected chi connectivity index (χ1v) is 7.94. The predicted octanol–water partition coefficient (Wildman–Crippen LogP) is 1.79. The third-order valence-corrected chi connectivity index (χ3v) is 5.21. The van der Waals surface area contributed by atoms with Gasteiger partial charge >= 0.3 is 0 Å². The number of anilines is 1. The maximum atomic E-state index is 11.2. The highest BCUT2D eigenvalue weighted by Crippen LogP contribution is 2.40. The van der Waals surface area contributed by atoms with Crippen LogP contribution in [0.2, 0.25) is 0 Å². The number of nitrogens with zero attached hydrogens (tertiary/aromatic N) is 3. The molecule has 21 heavy (non-hydrogen) atoms. The Morgan fingerprint density at radius 2 is 2.00 bits per heavy atom. The number of aryl methyl sites for hydroxylation is 1. The average molecular weight is 291 g/mol. The van der Waals surface area contributed by atoms with Crippen LogP contribution in [0.4, 0.5) is 5.82 Å². The summed E-state index contributed by atoms with van der Waals surface area (Å²) in [4.78, 5) is 11.0. The molecule has 2 atom stereocenters. The molecule has 2 aliphatic rings. The van der Waals surface area contributed by atoms with Crippen molar-refractivity contribution in [3.8, 4) is 0 Å².